The fourth-order valence-corrected chi connectivity index (χ4v) is 3.66. The first-order valence-electron chi connectivity index (χ1n) is 8.00. The van der Waals surface area contributed by atoms with Crippen LogP contribution in [0.15, 0.2) is 0 Å². The van der Waals surface area contributed by atoms with Crippen molar-refractivity contribution in [2.45, 2.75) is 86.8 Å². The van der Waals surface area contributed by atoms with Crippen LogP contribution in [0.3, 0.4) is 0 Å². The molecule has 0 radical (unpaired) electrons. The summed E-state index contributed by atoms with van der Waals surface area (Å²) < 4.78 is 5.26. The molecule has 0 bridgehead atoms. The van der Waals surface area contributed by atoms with Crippen molar-refractivity contribution in [1.82, 2.24) is 0 Å². The molecule has 2 aliphatic carbocycles. The second kappa shape index (κ2) is 6.51. The number of rotatable bonds is 4. The number of alkyl halides is 1. The Labute approximate surface area is 136 Å². The van der Waals surface area contributed by atoms with Crippen LogP contribution in [0.1, 0.15) is 71.6 Å². The molecule has 0 heterocycles. The molecule has 0 aliphatic heterocycles. The highest BCUT2D eigenvalue weighted by Gasteiger charge is 2.42. The normalized spacial score (nSPS) is 32.6. The van der Waals surface area contributed by atoms with Crippen molar-refractivity contribution in [3.05, 3.63) is 0 Å². The lowest BCUT2D eigenvalue weighted by molar-refractivity contribution is -0.154. The zero-order valence-corrected chi connectivity index (χ0v) is 14.8. The molecule has 1 N–H and O–H groups in total. The molecule has 2 aliphatic rings. The minimum atomic E-state index is -0.420. The molecule has 116 valence electrons. The molecule has 0 amide bonds. The van der Waals surface area contributed by atoms with Gasteiger partial charge in [-0.25, -0.2) is 0 Å². The van der Waals surface area contributed by atoms with E-state index in [1.54, 1.807) is 0 Å². The van der Waals surface area contributed by atoms with E-state index in [0.29, 0.717) is 5.92 Å². The number of carbonyl (C=O) groups excluding carboxylic acids is 1. The van der Waals surface area contributed by atoms with Gasteiger partial charge >= 0.3 is 5.97 Å². The van der Waals surface area contributed by atoms with E-state index >= 15 is 0 Å². The highest BCUT2D eigenvalue weighted by Crippen LogP contribution is 2.43. The Kier molecular flexibility index (Phi) is 5.38. The standard InChI is InChI=1S/C16H27IO3/c1-3-15(2,17)14(18)20-13-8-6-12(7-9-13)16(19)10-4-5-11-16/h12-13,19H,3-11H2,1-2H3. The quantitative estimate of drug-likeness (QED) is 0.446. The van der Waals surface area contributed by atoms with Crippen LogP contribution in [0.4, 0.5) is 0 Å². The van der Waals surface area contributed by atoms with Crippen LogP contribution in [0.25, 0.3) is 0 Å². The van der Waals surface area contributed by atoms with Crippen molar-refractivity contribution in [3.63, 3.8) is 0 Å². The van der Waals surface area contributed by atoms with E-state index in [-0.39, 0.29) is 12.1 Å². The molecule has 0 saturated heterocycles. The van der Waals surface area contributed by atoms with Gasteiger partial charge in [-0.2, -0.15) is 0 Å². The molecule has 3 nitrogen and oxygen atoms in total. The van der Waals surface area contributed by atoms with E-state index in [1.807, 2.05) is 13.8 Å². The van der Waals surface area contributed by atoms with Crippen LogP contribution in [0.5, 0.6) is 0 Å². The van der Waals surface area contributed by atoms with Gasteiger partial charge in [0.25, 0.3) is 0 Å². The maximum atomic E-state index is 12.1. The van der Waals surface area contributed by atoms with Gasteiger partial charge in [-0.1, -0.05) is 42.4 Å². The van der Waals surface area contributed by atoms with Crippen LogP contribution in [-0.4, -0.2) is 26.2 Å². The second-order valence-electron chi connectivity index (χ2n) is 6.74. The van der Waals surface area contributed by atoms with Crippen molar-refractivity contribution in [1.29, 1.82) is 0 Å². The first-order chi connectivity index (χ1) is 9.37. The largest absolute Gasteiger partial charge is 0.461 e. The summed E-state index contributed by atoms with van der Waals surface area (Å²) in [6.45, 7) is 3.95. The summed E-state index contributed by atoms with van der Waals surface area (Å²) in [5, 5.41) is 10.6. The van der Waals surface area contributed by atoms with Crippen molar-refractivity contribution in [2.24, 2.45) is 5.92 Å². The Bertz CT molecular complexity index is 340. The molecule has 0 spiro atoms. The van der Waals surface area contributed by atoms with Gasteiger partial charge in [0.05, 0.1) is 5.60 Å². The van der Waals surface area contributed by atoms with Crippen LogP contribution >= 0.6 is 22.6 Å². The van der Waals surface area contributed by atoms with Crippen LogP contribution in [0, 0.1) is 5.92 Å². The minimum Gasteiger partial charge on any atom is -0.461 e. The van der Waals surface area contributed by atoms with E-state index in [9.17, 15) is 9.90 Å². The monoisotopic (exact) mass is 394 g/mol. The summed E-state index contributed by atoms with van der Waals surface area (Å²) >= 11 is 2.18. The molecule has 0 aromatic rings. The van der Waals surface area contributed by atoms with E-state index in [2.05, 4.69) is 22.6 Å². The lowest BCUT2D eigenvalue weighted by atomic mass is 9.75. The van der Waals surface area contributed by atoms with E-state index in [1.165, 1.54) is 0 Å². The SMILES string of the molecule is CCC(C)(I)C(=O)OC1CCC(C2(O)CCCC2)CC1. The third kappa shape index (κ3) is 3.67. The third-order valence-corrected chi connectivity index (χ3v) is 6.47. The van der Waals surface area contributed by atoms with E-state index in [4.69, 9.17) is 4.74 Å². The Morgan fingerprint density at radius 2 is 1.85 bits per heavy atom. The average Bonchev–Trinajstić information content (AvgIpc) is 2.87. The Hall–Kier alpha value is 0.160. The molecule has 2 fully saturated rings. The van der Waals surface area contributed by atoms with Gasteiger partial charge in [-0.05, 0) is 57.8 Å². The fourth-order valence-electron chi connectivity index (χ4n) is 3.53. The number of aliphatic hydroxyl groups is 1. The predicted octanol–water partition coefficient (Wildman–Crippen LogP) is 4.00. The van der Waals surface area contributed by atoms with Crippen molar-refractivity contribution >= 4 is 28.6 Å². The fraction of sp³-hybridized carbons (Fsp3) is 0.938. The number of ether oxygens (including phenoxy) is 1. The first-order valence-corrected chi connectivity index (χ1v) is 9.07. The molecule has 2 saturated carbocycles. The topological polar surface area (TPSA) is 46.5 Å². The van der Waals surface area contributed by atoms with Crippen LogP contribution < -0.4 is 0 Å². The molecule has 2 rings (SSSR count). The number of halogens is 1. The Balaban J connectivity index is 1.81. The van der Waals surface area contributed by atoms with Gasteiger partial charge in [0.15, 0.2) is 0 Å². The number of hydrogen-bond acceptors (Lipinski definition) is 3. The van der Waals surface area contributed by atoms with E-state index in [0.717, 1.165) is 57.8 Å². The van der Waals surface area contributed by atoms with Gasteiger partial charge in [0, 0.05) is 0 Å². The maximum absolute atomic E-state index is 12.1. The summed E-state index contributed by atoms with van der Waals surface area (Å²) in [7, 11) is 0. The Morgan fingerprint density at radius 1 is 1.30 bits per heavy atom. The summed E-state index contributed by atoms with van der Waals surface area (Å²) in [5.74, 6) is 0.334. The van der Waals surface area contributed by atoms with Gasteiger partial charge in [-0.3, -0.25) is 4.79 Å². The van der Waals surface area contributed by atoms with Crippen molar-refractivity contribution in [3.8, 4) is 0 Å². The molecular weight excluding hydrogens is 367 g/mol. The summed E-state index contributed by atoms with van der Waals surface area (Å²) in [6.07, 6.45) is 8.92. The molecule has 1 atom stereocenters. The van der Waals surface area contributed by atoms with Gasteiger partial charge in [-0.15, -0.1) is 0 Å². The summed E-state index contributed by atoms with van der Waals surface area (Å²) in [6, 6.07) is 0. The van der Waals surface area contributed by atoms with E-state index < -0.39 is 9.02 Å². The highest BCUT2D eigenvalue weighted by atomic mass is 127. The molecule has 1 unspecified atom stereocenters. The molecule has 0 aromatic heterocycles. The Morgan fingerprint density at radius 3 is 2.35 bits per heavy atom. The zero-order valence-electron chi connectivity index (χ0n) is 12.7. The van der Waals surface area contributed by atoms with Crippen molar-refractivity contribution in [2.75, 3.05) is 0 Å². The summed E-state index contributed by atoms with van der Waals surface area (Å²) in [4.78, 5) is 12.1. The lowest BCUT2D eigenvalue weighted by Gasteiger charge is -2.38. The lowest BCUT2D eigenvalue weighted by Crippen LogP contribution is -2.40. The average molecular weight is 394 g/mol. The number of esters is 1. The molecule has 20 heavy (non-hydrogen) atoms. The minimum absolute atomic E-state index is 0.0596. The third-order valence-electron chi connectivity index (χ3n) is 5.27. The maximum Gasteiger partial charge on any atom is 0.322 e. The predicted molar refractivity (Wildman–Crippen MR) is 88.0 cm³/mol. The second-order valence-corrected chi connectivity index (χ2v) is 9.12. The van der Waals surface area contributed by atoms with Gasteiger partial charge < -0.3 is 9.84 Å². The number of hydrogen-bond donors (Lipinski definition) is 1. The number of carbonyl (C=O) groups is 1. The van der Waals surface area contributed by atoms with Crippen LogP contribution in [-0.2, 0) is 9.53 Å². The van der Waals surface area contributed by atoms with Crippen LogP contribution in [0.2, 0.25) is 0 Å². The molecule has 4 heteroatoms. The van der Waals surface area contributed by atoms with Crippen molar-refractivity contribution < 1.29 is 14.6 Å². The van der Waals surface area contributed by atoms with Gasteiger partial charge in [0.1, 0.15) is 9.53 Å². The summed E-state index contributed by atoms with van der Waals surface area (Å²) in [5.41, 5.74) is -0.420. The smallest absolute Gasteiger partial charge is 0.322 e. The van der Waals surface area contributed by atoms with Gasteiger partial charge in [0.2, 0.25) is 0 Å². The molecule has 0 aromatic carbocycles. The zero-order chi connectivity index (χ0) is 14.8. The molecular formula is C16H27IO3. The highest BCUT2D eigenvalue weighted by molar-refractivity contribution is 14.1. The first kappa shape index (κ1) is 16.5.